The molecule has 0 aromatic carbocycles. The van der Waals surface area contributed by atoms with Crippen LogP contribution in [0.15, 0.2) is 5.51 Å². The molecule has 1 radical (unpaired) electrons. The average molecular weight is 186 g/mol. The molecule has 1 aromatic rings. The van der Waals surface area contributed by atoms with E-state index in [1.54, 1.807) is 11.3 Å². The summed E-state index contributed by atoms with van der Waals surface area (Å²) in [6, 6.07) is 0. The van der Waals surface area contributed by atoms with E-state index in [0.717, 1.165) is 5.75 Å². The van der Waals surface area contributed by atoms with E-state index >= 15 is 0 Å². The zero-order valence-corrected chi connectivity index (χ0v) is 8.47. The first kappa shape index (κ1) is 9.07. The molecule has 1 nitrogen and oxygen atoms in total. The summed E-state index contributed by atoms with van der Waals surface area (Å²) >= 11 is 3.60. The maximum Gasteiger partial charge on any atom is 0.0797 e. The highest BCUT2D eigenvalue weighted by atomic mass is 32.2. The monoisotopic (exact) mass is 186 g/mol. The number of aromatic nitrogens is 1. The molecule has 11 heavy (non-hydrogen) atoms. The maximum absolute atomic E-state index is 4.20. The van der Waals surface area contributed by atoms with Crippen LogP contribution >= 0.6 is 23.1 Å². The molecule has 3 heteroatoms. The number of hydrogen-bond donors (Lipinski definition) is 0. The summed E-state index contributed by atoms with van der Waals surface area (Å²) in [5, 5.41) is 0.556. The highest BCUT2D eigenvalue weighted by molar-refractivity contribution is 7.99. The second kappa shape index (κ2) is 4.12. The molecular weight excluding hydrogens is 174 g/mol. The van der Waals surface area contributed by atoms with Crippen molar-refractivity contribution in [3.63, 3.8) is 0 Å². The molecule has 0 saturated heterocycles. The van der Waals surface area contributed by atoms with Gasteiger partial charge in [0.25, 0.3) is 0 Å². The fourth-order valence-corrected chi connectivity index (χ4v) is 2.74. The van der Waals surface area contributed by atoms with Gasteiger partial charge in [0.1, 0.15) is 0 Å². The Balaban J connectivity index is 2.67. The molecule has 0 N–H and O–H groups in total. The van der Waals surface area contributed by atoms with E-state index in [9.17, 15) is 0 Å². The van der Waals surface area contributed by atoms with Gasteiger partial charge in [-0.3, -0.25) is 0 Å². The Morgan fingerprint density at radius 2 is 2.55 bits per heavy atom. The van der Waals surface area contributed by atoms with Crippen LogP contribution in [0, 0.1) is 13.8 Å². The molecule has 0 aliphatic heterocycles. The summed E-state index contributed by atoms with van der Waals surface area (Å²) in [5.41, 5.74) is 3.08. The van der Waals surface area contributed by atoms with Crippen LogP contribution < -0.4 is 0 Å². The number of aryl methyl sites for hydroxylation is 1. The lowest BCUT2D eigenvalue weighted by atomic mass is 10.3. The SMILES string of the molecule is [CH2]CSC(C)c1scnc1C. The molecule has 0 amide bonds. The second-order valence-corrected chi connectivity index (χ2v) is 4.65. The van der Waals surface area contributed by atoms with Crippen molar-refractivity contribution in [3.8, 4) is 0 Å². The van der Waals surface area contributed by atoms with E-state index < -0.39 is 0 Å². The lowest BCUT2D eigenvalue weighted by Crippen LogP contribution is -1.87. The van der Waals surface area contributed by atoms with Crippen molar-refractivity contribution < 1.29 is 0 Å². The number of nitrogens with zero attached hydrogens (tertiary/aromatic N) is 1. The second-order valence-electron chi connectivity index (χ2n) is 2.32. The van der Waals surface area contributed by atoms with E-state index in [1.165, 1.54) is 10.6 Å². The highest BCUT2D eigenvalue weighted by Gasteiger charge is 2.09. The van der Waals surface area contributed by atoms with E-state index in [1.807, 2.05) is 17.3 Å². The van der Waals surface area contributed by atoms with Gasteiger partial charge in [0.15, 0.2) is 0 Å². The highest BCUT2D eigenvalue weighted by Crippen LogP contribution is 2.32. The van der Waals surface area contributed by atoms with Gasteiger partial charge in [-0.05, 0) is 26.5 Å². The van der Waals surface area contributed by atoms with Crippen LogP contribution in [0.1, 0.15) is 22.7 Å². The summed E-state index contributed by atoms with van der Waals surface area (Å²) in [6.45, 7) is 8.08. The Morgan fingerprint density at radius 3 is 3.00 bits per heavy atom. The molecule has 1 rings (SSSR count). The van der Waals surface area contributed by atoms with Gasteiger partial charge >= 0.3 is 0 Å². The van der Waals surface area contributed by atoms with Crippen LogP contribution in [0.4, 0.5) is 0 Å². The topological polar surface area (TPSA) is 12.9 Å². The quantitative estimate of drug-likeness (QED) is 0.719. The minimum atomic E-state index is 0.556. The predicted molar refractivity (Wildman–Crippen MR) is 53.1 cm³/mol. The Kier molecular flexibility index (Phi) is 3.40. The summed E-state index contributed by atoms with van der Waals surface area (Å²) in [5.74, 6) is 0.929. The maximum atomic E-state index is 4.20. The van der Waals surface area contributed by atoms with Gasteiger partial charge in [-0.25, -0.2) is 4.98 Å². The molecule has 61 valence electrons. The minimum Gasteiger partial charge on any atom is -0.250 e. The Hall–Kier alpha value is -0.0200. The molecule has 0 fully saturated rings. The lowest BCUT2D eigenvalue weighted by molar-refractivity contribution is 1.08. The van der Waals surface area contributed by atoms with Crippen molar-refractivity contribution in [2.24, 2.45) is 0 Å². The predicted octanol–water partition coefficient (Wildman–Crippen LogP) is 3.08. The van der Waals surface area contributed by atoms with Crippen LogP contribution in [0.25, 0.3) is 0 Å². The molecule has 1 atom stereocenters. The van der Waals surface area contributed by atoms with Crippen molar-refractivity contribution >= 4 is 23.1 Å². The molecular formula is C8H12NS2. The Bertz CT molecular complexity index is 220. The van der Waals surface area contributed by atoms with Crippen molar-refractivity contribution in [1.82, 2.24) is 4.98 Å². The first-order valence-electron chi connectivity index (χ1n) is 3.56. The van der Waals surface area contributed by atoms with E-state index in [4.69, 9.17) is 0 Å². The van der Waals surface area contributed by atoms with Gasteiger partial charge in [-0.15, -0.1) is 11.3 Å². The summed E-state index contributed by atoms with van der Waals surface area (Å²) < 4.78 is 0. The van der Waals surface area contributed by atoms with Crippen LogP contribution in [0.5, 0.6) is 0 Å². The van der Waals surface area contributed by atoms with Crippen molar-refractivity contribution in [3.05, 3.63) is 23.0 Å². The third-order valence-corrected chi connectivity index (χ3v) is 3.75. The number of thiazole rings is 1. The van der Waals surface area contributed by atoms with E-state index in [2.05, 4.69) is 25.8 Å². The van der Waals surface area contributed by atoms with Gasteiger partial charge in [-0.1, -0.05) is 0 Å². The third-order valence-electron chi connectivity index (χ3n) is 1.52. The molecule has 1 heterocycles. The molecule has 1 aromatic heterocycles. The number of rotatable bonds is 3. The largest absolute Gasteiger partial charge is 0.250 e. The average Bonchev–Trinajstić information content (AvgIpc) is 2.36. The first-order chi connectivity index (χ1) is 5.25. The summed E-state index contributed by atoms with van der Waals surface area (Å²) in [4.78, 5) is 5.59. The minimum absolute atomic E-state index is 0.556. The third kappa shape index (κ3) is 2.20. The molecule has 0 spiro atoms. The van der Waals surface area contributed by atoms with Crippen molar-refractivity contribution in [1.29, 1.82) is 0 Å². The van der Waals surface area contributed by atoms with Gasteiger partial charge < -0.3 is 0 Å². The van der Waals surface area contributed by atoms with Crippen molar-refractivity contribution in [2.75, 3.05) is 5.75 Å². The zero-order chi connectivity index (χ0) is 8.27. The smallest absolute Gasteiger partial charge is 0.0797 e. The summed E-state index contributed by atoms with van der Waals surface area (Å²) in [7, 11) is 0. The van der Waals surface area contributed by atoms with Gasteiger partial charge in [0.05, 0.1) is 11.2 Å². The fraction of sp³-hybridized carbons (Fsp3) is 0.500. The van der Waals surface area contributed by atoms with Gasteiger partial charge in [0, 0.05) is 10.1 Å². The zero-order valence-electron chi connectivity index (χ0n) is 6.83. The van der Waals surface area contributed by atoms with E-state index in [0.29, 0.717) is 5.25 Å². The van der Waals surface area contributed by atoms with Crippen LogP contribution in [0.3, 0.4) is 0 Å². The normalized spacial score (nSPS) is 13.4. The van der Waals surface area contributed by atoms with Gasteiger partial charge in [0.2, 0.25) is 0 Å². The Morgan fingerprint density at radius 1 is 1.82 bits per heavy atom. The fourth-order valence-electron chi connectivity index (χ4n) is 0.954. The van der Waals surface area contributed by atoms with E-state index in [-0.39, 0.29) is 0 Å². The standard InChI is InChI=1S/C8H12NS2/c1-4-10-7(3)8-6(2)9-5-11-8/h5,7H,1,4H2,2-3H3. The molecule has 0 saturated carbocycles. The molecule has 0 bridgehead atoms. The molecule has 0 aliphatic rings. The summed E-state index contributed by atoms with van der Waals surface area (Å²) in [6.07, 6.45) is 0. The first-order valence-corrected chi connectivity index (χ1v) is 5.49. The van der Waals surface area contributed by atoms with Crippen molar-refractivity contribution in [2.45, 2.75) is 19.1 Å². The molecule has 1 unspecified atom stereocenters. The lowest BCUT2D eigenvalue weighted by Gasteiger charge is -2.06. The van der Waals surface area contributed by atoms with Gasteiger partial charge in [-0.2, -0.15) is 11.8 Å². The van der Waals surface area contributed by atoms with Crippen LogP contribution in [-0.2, 0) is 0 Å². The van der Waals surface area contributed by atoms with Crippen LogP contribution in [-0.4, -0.2) is 10.7 Å². The number of thioether (sulfide) groups is 1. The van der Waals surface area contributed by atoms with Crippen LogP contribution in [0.2, 0.25) is 0 Å². The number of hydrogen-bond acceptors (Lipinski definition) is 3. The Labute approximate surface area is 76.2 Å². The molecule has 0 aliphatic carbocycles.